The van der Waals surface area contributed by atoms with Crippen molar-refractivity contribution in [2.24, 2.45) is 11.8 Å². The van der Waals surface area contributed by atoms with Crippen molar-refractivity contribution in [3.8, 4) is 0 Å². The first-order valence-electron chi connectivity index (χ1n) is 8.89. The van der Waals surface area contributed by atoms with Crippen LogP contribution in [0.25, 0.3) is 0 Å². The normalized spacial score (nSPS) is 42.0. The minimum atomic E-state index is 0.539. The van der Waals surface area contributed by atoms with E-state index in [2.05, 4.69) is 24.1 Å². The monoisotopic (exact) mass is 280 g/mol. The summed E-state index contributed by atoms with van der Waals surface area (Å²) in [6.45, 7) is 9.39. The third kappa shape index (κ3) is 3.37. The van der Waals surface area contributed by atoms with Crippen molar-refractivity contribution in [3.05, 3.63) is 0 Å². The Kier molecular flexibility index (Phi) is 5.00. The summed E-state index contributed by atoms with van der Waals surface area (Å²) in [6, 6.07) is 0.753. The number of morpholine rings is 1. The van der Waals surface area contributed by atoms with Crippen LogP contribution in [0.2, 0.25) is 0 Å². The molecule has 2 aliphatic heterocycles. The molecule has 3 heteroatoms. The summed E-state index contributed by atoms with van der Waals surface area (Å²) in [6.07, 6.45) is 9.27. The van der Waals surface area contributed by atoms with Crippen LogP contribution >= 0.6 is 0 Å². The van der Waals surface area contributed by atoms with Crippen molar-refractivity contribution >= 4 is 0 Å². The summed E-state index contributed by atoms with van der Waals surface area (Å²) < 4.78 is 5.98. The number of nitrogens with one attached hydrogen (secondary N) is 1. The topological polar surface area (TPSA) is 24.5 Å². The zero-order valence-electron chi connectivity index (χ0n) is 13.3. The Morgan fingerprint density at radius 2 is 1.80 bits per heavy atom. The van der Waals surface area contributed by atoms with Gasteiger partial charge in [-0.15, -0.1) is 0 Å². The third-order valence-corrected chi connectivity index (χ3v) is 5.75. The maximum absolute atomic E-state index is 5.98. The maximum Gasteiger partial charge on any atom is 0.0707 e. The third-order valence-electron chi connectivity index (χ3n) is 5.75. The molecule has 0 aromatic rings. The smallest absolute Gasteiger partial charge is 0.0707 e. The number of hydrogen-bond donors (Lipinski definition) is 1. The molecule has 0 spiro atoms. The fourth-order valence-electron chi connectivity index (χ4n) is 4.64. The molecule has 1 aliphatic carbocycles. The Labute approximate surface area is 124 Å². The van der Waals surface area contributed by atoms with Crippen molar-refractivity contribution in [1.82, 2.24) is 10.2 Å². The summed E-state index contributed by atoms with van der Waals surface area (Å²) >= 11 is 0. The van der Waals surface area contributed by atoms with Crippen LogP contribution in [0.4, 0.5) is 0 Å². The van der Waals surface area contributed by atoms with Crippen LogP contribution in [-0.2, 0) is 4.74 Å². The lowest BCUT2D eigenvalue weighted by molar-refractivity contribution is -0.0465. The van der Waals surface area contributed by atoms with Gasteiger partial charge in [-0.1, -0.05) is 20.3 Å². The molecule has 116 valence electrons. The zero-order valence-corrected chi connectivity index (χ0v) is 13.3. The van der Waals surface area contributed by atoms with Crippen molar-refractivity contribution in [2.45, 2.75) is 70.6 Å². The number of fused-ring (bicyclic) bond motifs is 2. The highest BCUT2D eigenvalue weighted by Crippen LogP contribution is 2.33. The molecule has 2 bridgehead atoms. The molecule has 0 aromatic carbocycles. The van der Waals surface area contributed by atoms with E-state index < -0.39 is 0 Å². The van der Waals surface area contributed by atoms with Gasteiger partial charge in [0.2, 0.25) is 0 Å². The molecule has 1 saturated carbocycles. The molecule has 20 heavy (non-hydrogen) atoms. The molecule has 3 rings (SSSR count). The van der Waals surface area contributed by atoms with E-state index in [0.717, 1.165) is 24.4 Å². The molecule has 0 aromatic heterocycles. The van der Waals surface area contributed by atoms with Gasteiger partial charge in [0.25, 0.3) is 0 Å². The number of ether oxygens (including phenoxy) is 1. The second-order valence-electron chi connectivity index (χ2n) is 7.19. The van der Waals surface area contributed by atoms with Crippen LogP contribution in [0.3, 0.4) is 0 Å². The first kappa shape index (κ1) is 14.8. The Hall–Kier alpha value is -0.120. The van der Waals surface area contributed by atoms with E-state index in [9.17, 15) is 0 Å². The lowest BCUT2D eigenvalue weighted by Gasteiger charge is -2.41. The minimum absolute atomic E-state index is 0.539. The second kappa shape index (κ2) is 6.76. The van der Waals surface area contributed by atoms with Crippen LogP contribution in [0.15, 0.2) is 0 Å². The lowest BCUT2D eigenvalue weighted by atomic mass is 9.76. The average Bonchev–Trinajstić information content (AvgIpc) is 2.80. The van der Waals surface area contributed by atoms with Gasteiger partial charge in [0.15, 0.2) is 0 Å². The van der Waals surface area contributed by atoms with E-state index in [1.165, 1.54) is 58.2 Å². The highest BCUT2D eigenvalue weighted by atomic mass is 16.5. The number of nitrogens with zero attached hydrogens (tertiary/aromatic N) is 1. The van der Waals surface area contributed by atoms with Gasteiger partial charge in [-0.3, -0.25) is 4.90 Å². The van der Waals surface area contributed by atoms with Gasteiger partial charge in [0, 0.05) is 25.7 Å². The molecule has 3 nitrogen and oxygen atoms in total. The summed E-state index contributed by atoms with van der Waals surface area (Å²) in [5.74, 6) is 1.82. The first-order valence-corrected chi connectivity index (χ1v) is 8.89. The van der Waals surface area contributed by atoms with Crippen LogP contribution in [0.5, 0.6) is 0 Å². The van der Waals surface area contributed by atoms with E-state index >= 15 is 0 Å². The van der Waals surface area contributed by atoms with Crippen molar-refractivity contribution in [3.63, 3.8) is 0 Å². The fraction of sp³-hybridized carbons (Fsp3) is 1.00. The Balaban J connectivity index is 1.57. The standard InChI is InChI=1S/C17H32N2O/c1-3-13-5-8-17(18-4-2)14(9-13)10-19-11-15-6-7-16(12-19)20-15/h13-18H,3-12H2,1-2H3. The Morgan fingerprint density at radius 1 is 1.05 bits per heavy atom. The highest BCUT2D eigenvalue weighted by Gasteiger charge is 2.36. The van der Waals surface area contributed by atoms with E-state index in [-0.39, 0.29) is 0 Å². The highest BCUT2D eigenvalue weighted by molar-refractivity contribution is 4.90. The van der Waals surface area contributed by atoms with E-state index in [4.69, 9.17) is 4.74 Å². The van der Waals surface area contributed by atoms with Gasteiger partial charge in [-0.2, -0.15) is 0 Å². The van der Waals surface area contributed by atoms with Crippen LogP contribution < -0.4 is 5.32 Å². The summed E-state index contributed by atoms with van der Waals surface area (Å²) in [7, 11) is 0. The predicted molar refractivity (Wildman–Crippen MR) is 82.9 cm³/mol. The molecule has 5 atom stereocenters. The molecule has 5 unspecified atom stereocenters. The van der Waals surface area contributed by atoms with E-state index in [1.807, 2.05) is 0 Å². The van der Waals surface area contributed by atoms with Gasteiger partial charge in [-0.25, -0.2) is 0 Å². The Bertz CT molecular complexity index is 297. The summed E-state index contributed by atoms with van der Waals surface area (Å²) in [4.78, 5) is 2.71. The molecule has 0 amide bonds. The SMILES string of the molecule is CCNC1CCC(CC)CC1CN1CC2CCC(C1)O2. The first-order chi connectivity index (χ1) is 9.78. The minimum Gasteiger partial charge on any atom is -0.372 e. The molecule has 1 N–H and O–H groups in total. The number of likely N-dealkylation sites (tertiary alicyclic amines) is 1. The summed E-state index contributed by atoms with van der Waals surface area (Å²) in [5.41, 5.74) is 0. The van der Waals surface area contributed by atoms with Crippen molar-refractivity contribution in [1.29, 1.82) is 0 Å². The largest absolute Gasteiger partial charge is 0.372 e. The molecular formula is C17H32N2O. The van der Waals surface area contributed by atoms with Crippen LogP contribution in [-0.4, -0.2) is 49.3 Å². The van der Waals surface area contributed by atoms with Gasteiger partial charge < -0.3 is 10.1 Å². The molecule has 3 fully saturated rings. The average molecular weight is 280 g/mol. The quantitative estimate of drug-likeness (QED) is 0.838. The molecule has 0 radical (unpaired) electrons. The molecule has 2 heterocycles. The molecular weight excluding hydrogens is 248 g/mol. The Morgan fingerprint density at radius 3 is 2.45 bits per heavy atom. The molecule has 3 aliphatic rings. The van der Waals surface area contributed by atoms with Crippen molar-refractivity contribution < 1.29 is 4.74 Å². The van der Waals surface area contributed by atoms with Crippen LogP contribution in [0.1, 0.15) is 52.4 Å². The molecule has 2 saturated heterocycles. The summed E-state index contributed by atoms with van der Waals surface area (Å²) in [5, 5.41) is 3.75. The fourth-order valence-corrected chi connectivity index (χ4v) is 4.64. The van der Waals surface area contributed by atoms with Gasteiger partial charge in [0.05, 0.1) is 12.2 Å². The zero-order chi connectivity index (χ0) is 13.9. The van der Waals surface area contributed by atoms with E-state index in [1.54, 1.807) is 0 Å². The van der Waals surface area contributed by atoms with Crippen LogP contribution in [0, 0.1) is 11.8 Å². The van der Waals surface area contributed by atoms with E-state index in [0.29, 0.717) is 12.2 Å². The number of hydrogen-bond acceptors (Lipinski definition) is 3. The van der Waals surface area contributed by atoms with Crippen molar-refractivity contribution in [2.75, 3.05) is 26.2 Å². The predicted octanol–water partition coefficient (Wildman–Crippen LogP) is 2.65. The maximum atomic E-state index is 5.98. The number of rotatable bonds is 5. The lowest BCUT2D eigenvalue weighted by Crippen LogP contribution is -2.50. The van der Waals surface area contributed by atoms with Gasteiger partial charge in [0.1, 0.15) is 0 Å². The van der Waals surface area contributed by atoms with Gasteiger partial charge >= 0.3 is 0 Å². The second-order valence-corrected chi connectivity index (χ2v) is 7.19. The van der Waals surface area contributed by atoms with Gasteiger partial charge in [-0.05, 0) is 50.5 Å².